The third kappa shape index (κ3) is 4.87. The molecule has 4 aromatic rings. The van der Waals surface area contributed by atoms with Crippen molar-refractivity contribution in [1.82, 2.24) is 4.57 Å². The summed E-state index contributed by atoms with van der Waals surface area (Å²) in [5.74, 6) is -1.42. The van der Waals surface area contributed by atoms with Crippen molar-refractivity contribution in [3.63, 3.8) is 0 Å². The van der Waals surface area contributed by atoms with Gasteiger partial charge in [-0.25, -0.2) is 4.90 Å². The van der Waals surface area contributed by atoms with E-state index in [1.807, 2.05) is 18.2 Å². The number of carbonyl (C=O) groups is 3. The molecule has 6 rings (SSSR count). The Labute approximate surface area is 254 Å². The smallest absolute Gasteiger partial charge is 0.308 e. The van der Waals surface area contributed by atoms with E-state index in [0.29, 0.717) is 43.4 Å². The molecule has 3 amide bonds. The summed E-state index contributed by atoms with van der Waals surface area (Å²) < 4.78 is 12.2. The number of thioether (sulfide) groups is 1. The molecule has 42 heavy (non-hydrogen) atoms. The molecule has 1 saturated heterocycles. The van der Waals surface area contributed by atoms with Gasteiger partial charge in [-0.3, -0.25) is 23.7 Å². The molecule has 2 aliphatic heterocycles. The molecule has 3 atom stereocenters. The number of methoxy groups -OCH3 is 2. The zero-order chi connectivity index (χ0) is 29.5. The second-order valence-corrected chi connectivity index (χ2v) is 12.2. The van der Waals surface area contributed by atoms with Crippen molar-refractivity contribution in [2.75, 3.05) is 24.4 Å². The highest BCUT2D eigenvalue weighted by atomic mass is 35.5. The first-order chi connectivity index (χ1) is 20.3. The first kappa shape index (κ1) is 28.1. The summed E-state index contributed by atoms with van der Waals surface area (Å²) in [5.41, 5.74) is 1.65. The number of nitrogens with zero attached hydrogens (tertiary/aromatic N) is 2. The van der Waals surface area contributed by atoms with Crippen molar-refractivity contribution in [2.24, 2.45) is 5.92 Å². The number of hydrogen-bond donors (Lipinski definition) is 1. The first-order valence-electron chi connectivity index (χ1n) is 12.9. The molecule has 1 fully saturated rings. The first-order valence-corrected chi connectivity index (χ1v) is 15.0. The SMILES string of the molecule is COc1ccc(NC(=O)Cn2c3c(sc2=O)[C@H](c2ccccc2OC)C2C(=O)N(c4ccc(Cl)cc4)C(=O)C2S3)cc1. The predicted molar refractivity (Wildman–Crippen MR) is 162 cm³/mol. The van der Waals surface area contributed by atoms with Gasteiger partial charge in [0.15, 0.2) is 0 Å². The summed E-state index contributed by atoms with van der Waals surface area (Å²) in [6.45, 7) is -0.261. The number of anilines is 2. The van der Waals surface area contributed by atoms with Crippen LogP contribution in [-0.2, 0) is 20.9 Å². The van der Waals surface area contributed by atoms with Crippen LogP contribution in [0.1, 0.15) is 16.4 Å². The maximum absolute atomic E-state index is 14.0. The monoisotopic (exact) mass is 621 g/mol. The van der Waals surface area contributed by atoms with Crippen molar-refractivity contribution in [2.45, 2.75) is 22.7 Å². The fourth-order valence-electron chi connectivity index (χ4n) is 5.38. The largest absolute Gasteiger partial charge is 0.497 e. The molecule has 9 nitrogen and oxygen atoms in total. The molecular weight excluding hydrogens is 598 g/mol. The molecule has 1 aromatic heterocycles. The zero-order valence-corrected chi connectivity index (χ0v) is 24.8. The Bertz CT molecular complexity index is 1750. The highest BCUT2D eigenvalue weighted by Crippen LogP contribution is 2.55. The Balaban J connectivity index is 1.41. The molecule has 3 heterocycles. The number of thiazole rings is 1. The Morgan fingerprint density at radius 1 is 0.929 bits per heavy atom. The number of imide groups is 1. The molecular formula is C30H24ClN3O6S2. The summed E-state index contributed by atoms with van der Waals surface area (Å²) in [6, 6.07) is 20.6. The van der Waals surface area contributed by atoms with Gasteiger partial charge >= 0.3 is 4.87 Å². The minimum absolute atomic E-state index is 0.261. The van der Waals surface area contributed by atoms with Gasteiger partial charge in [-0.1, -0.05) is 52.9 Å². The van der Waals surface area contributed by atoms with Crippen molar-refractivity contribution >= 4 is 63.8 Å². The lowest BCUT2D eigenvalue weighted by Gasteiger charge is -2.31. The number of benzene rings is 3. The third-order valence-electron chi connectivity index (χ3n) is 7.28. The van der Waals surface area contributed by atoms with E-state index >= 15 is 0 Å². The molecule has 2 aliphatic rings. The molecule has 0 radical (unpaired) electrons. The molecule has 0 spiro atoms. The Hall–Kier alpha value is -4.06. The van der Waals surface area contributed by atoms with E-state index in [2.05, 4.69) is 5.32 Å². The van der Waals surface area contributed by atoms with E-state index in [9.17, 15) is 19.2 Å². The van der Waals surface area contributed by atoms with E-state index in [1.54, 1.807) is 61.7 Å². The van der Waals surface area contributed by atoms with Crippen LogP contribution in [0.15, 0.2) is 82.6 Å². The van der Waals surface area contributed by atoms with E-state index in [1.165, 1.54) is 16.6 Å². The fourth-order valence-corrected chi connectivity index (χ4v) is 8.27. The minimum Gasteiger partial charge on any atom is -0.497 e. The van der Waals surface area contributed by atoms with Gasteiger partial charge in [-0.15, -0.1) is 0 Å². The van der Waals surface area contributed by atoms with E-state index in [0.717, 1.165) is 23.1 Å². The Morgan fingerprint density at radius 3 is 2.33 bits per heavy atom. The number of aromatic nitrogens is 1. The minimum atomic E-state index is -0.819. The number of hydrogen-bond acceptors (Lipinski definition) is 8. The summed E-state index contributed by atoms with van der Waals surface area (Å²) in [4.78, 5) is 55.7. The van der Waals surface area contributed by atoms with Gasteiger partial charge in [0, 0.05) is 27.1 Å². The van der Waals surface area contributed by atoms with Crippen molar-refractivity contribution < 1.29 is 23.9 Å². The molecule has 0 saturated carbocycles. The Kier molecular flexibility index (Phi) is 7.56. The summed E-state index contributed by atoms with van der Waals surface area (Å²) in [7, 11) is 3.09. The molecule has 214 valence electrons. The van der Waals surface area contributed by atoms with Crippen LogP contribution in [0.3, 0.4) is 0 Å². The number of carbonyl (C=O) groups excluding carboxylic acids is 3. The molecule has 12 heteroatoms. The summed E-state index contributed by atoms with van der Waals surface area (Å²) in [5, 5.41) is 2.96. The summed E-state index contributed by atoms with van der Waals surface area (Å²) in [6.07, 6.45) is 0. The maximum atomic E-state index is 14.0. The maximum Gasteiger partial charge on any atom is 0.308 e. The topological polar surface area (TPSA) is 107 Å². The number of fused-ring (bicyclic) bond motifs is 2. The Morgan fingerprint density at radius 2 is 1.64 bits per heavy atom. The second-order valence-electron chi connectivity index (χ2n) is 9.67. The van der Waals surface area contributed by atoms with Crippen LogP contribution in [0.4, 0.5) is 11.4 Å². The number of halogens is 1. The van der Waals surface area contributed by atoms with E-state index in [4.69, 9.17) is 21.1 Å². The second kappa shape index (κ2) is 11.3. The number of rotatable bonds is 7. The van der Waals surface area contributed by atoms with Gasteiger partial charge < -0.3 is 14.8 Å². The van der Waals surface area contributed by atoms with Crippen molar-refractivity contribution in [1.29, 1.82) is 0 Å². The van der Waals surface area contributed by atoms with E-state index in [-0.39, 0.29) is 17.3 Å². The standard InChI is InChI=1S/C30H24ClN3O6S2/c1-39-19-13-9-17(10-14-19)32-22(35)15-33-29-26(42-30(33)38)23(20-5-3-4-6-21(20)40-2)24-25(41-29)28(37)34(27(24)36)18-11-7-16(31)8-12-18/h3-14,23-25H,15H2,1-2H3,(H,32,35)/t23-,24?,25?/m1/s1. The molecule has 1 N–H and O–H groups in total. The van der Waals surface area contributed by atoms with Gasteiger partial charge in [0.25, 0.3) is 0 Å². The fraction of sp³-hybridized carbons (Fsp3) is 0.200. The van der Waals surface area contributed by atoms with Crippen LogP contribution >= 0.6 is 34.7 Å². The van der Waals surface area contributed by atoms with Gasteiger partial charge in [0.1, 0.15) is 23.3 Å². The highest BCUT2D eigenvalue weighted by molar-refractivity contribution is 8.00. The zero-order valence-electron chi connectivity index (χ0n) is 22.4. The van der Waals surface area contributed by atoms with Crippen LogP contribution in [0.2, 0.25) is 5.02 Å². The van der Waals surface area contributed by atoms with Gasteiger partial charge in [-0.2, -0.15) is 0 Å². The highest BCUT2D eigenvalue weighted by Gasteiger charge is 2.57. The average Bonchev–Trinajstić information content (AvgIpc) is 3.44. The lowest BCUT2D eigenvalue weighted by atomic mass is 9.82. The third-order valence-corrected chi connectivity index (χ3v) is 10.1. The lowest BCUT2D eigenvalue weighted by Crippen LogP contribution is -2.33. The van der Waals surface area contributed by atoms with Crippen LogP contribution in [0.25, 0.3) is 0 Å². The number of ether oxygens (including phenoxy) is 2. The van der Waals surface area contributed by atoms with Crippen molar-refractivity contribution in [3.05, 3.63) is 97.9 Å². The van der Waals surface area contributed by atoms with Crippen LogP contribution < -0.4 is 24.6 Å². The quantitative estimate of drug-likeness (QED) is 0.289. The summed E-state index contributed by atoms with van der Waals surface area (Å²) >= 11 is 8.19. The number of para-hydroxylation sites is 1. The van der Waals surface area contributed by atoms with Crippen LogP contribution in [0.5, 0.6) is 11.5 Å². The van der Waals surface area contributed by atoms with Crippen LogP contribution in [-0.4, -0.2) is 41.8 Å². The van der Waals surface area contributed by atoms with Gasteiger partial charge in [-0.05, 0) is 54.6 Å². The molecule has 0 aliphatic carbocycles. The number of amides is 3. The van der Waals surface area contributed by atoms with Crippen LogP contribution in [0, 0.1) is 5.92 Å². The molecule has 2 unspecified atom stereocenters. The van der Waals surface area contributed by atoms with Gasteiger partial charge in [0.05, 0.1) is 30.9 Å². The number of nitrogens with one attached hydrogen (secondary N) is 1. The molecule has 0 bridgehead atoms. The lowest BCUT2D eigenvalue weighted by molar-refractivity contribution is -0.122. The van der Waals surface area contributed by atoms with Gasteiger partial charge in [0.2, 0.25) is 17.7 Å². The molecule has 3 aromatic carbocycles. The average molecular weight is 622 g/mol. The van der Waals surface area contributed by atoms with Crippen molar-refractivity contribution in [3.8, 4) is 11.5 Å². The van der Waals surface area contributed by atoms with E-state index < -0.39 is 28.9 Å². The predicted octanol–water partition coefficient (Wildman–Crippen LogP) is 5.01. The normalized spacial score (nSPS) is 19.3.